The second kappa shape index (κ2) is 6.99. The van der Waals surface area contributed by atoms with Crippen molar-refractivity contribution in [2.75, 3.05) is 0 Å². The van der Waals surface area contributed by atoms with E-state index in [2.05, 4.69) is 21.2 Å². The van der Waals surface area contributed by atoms with Gasteiger partial charge in [-0.3, -0.25) is 9.00 Å². The zero-order valence-electron chi connectivity index (χ0n) is 11.3. The number of benzene rings is 1. The summed E-state index contributed by atoms with van der Waals surface area (Å²) in [6.07, 6.45) is 0. The molecule has 0 aliphatic rings. The molecule has 2 atom stereocenters. The van der Waals surface area contributed by atoms with Crippen LogP contribution in [0.5, 0.6) is 0 Å². The molecule has 0 aliphatic heterocycles. The topological polar surface area (TPSA) is 83.5 Å². The van der Waals surface area contributed by atoms with Crippen LogP contribution in [0.25, 0.3) is 0 Å². The Bertz CT molecular complexity index is 559. The molecule has 0 bridgehead atoms. The molecule has 1 aromatic carbocycles. The van der Waals surface area contributed by atoms with Crippen LogP contribution >= 0.6 is 15.9 Å². The second-order valence-electron chi connectivity index (χ2n) is 4.55. The summed E-state index contributed by atoms with van der Waals surface area (Å²) in [5.41, 5.74) is -0.0595. The summed E-state index contributed by atoms with van der Waals surface area (Å²) in [7, 11) is -1.74. The second-order valence-corrected chi connectivity index (χ2v) is 7.21. The van der Waals surface area contributed by atoms with Gasteiger partial charge in [0.1, 0.15) is 5.25 Å². The van der Waals surface area contributed by atoms with Crippen molar-refractivity contribution in [1.29, 1.82) is 0 Å². The van der Waals surface area contributed by atoms with Crippen LogP contribution in [0.15, 0.2) is 27.6 Å². The number of halogens is 1. The number of amides is 1. The van der Waals surface area contributed by atoms with Crippen LogP contribution in [-0.2, 0) is 15.6 Å². The van der Waals surface area contributed by atoms with Gasteiger partial charge in [-0.05, 0) is 39.0 Å². The molecule has 1 amide bonds. The number of hydrogen-bond acceptors (Lipinski definition) is 3. The highest BCUT2D eigenvalue weighted by Gasteiger charge is 2.25. The third kappa shape index (κ3) is 4.14. The Morgan fingerprint density at radius 3 is 2.40 bits per heavy atom. The first-order valence-electron chi connectivity index (χ1n) is 5.97. The van der Waals surface area contributed by atoms with Gasteiger partial charge in [0.15, 0.2) is 0 Å². The molecular formula is C13H16BrNO4S. The van der Waals surface area contributed by atoms with Crippen molar-refractivity contribution < 1.29 is 18.9 Å². The predicted octanol–water partition coefficient (Wildman–Crippen LogP) is 2.17. The largest absolute Gasteiger partial charge is 0.478 e. The molecule has 20 heavy (non-hydrogen) atoms. The minimum atomic E-state index is -1.74. The van der Waals surface area contributed by atoms with Gasteiger partial charge in [0.05, 0.1) is 21.3 Å². The SMILES string of the molecule is CC(C)NC(=O)C(C)S(=O)c1cc(Br)ccc1C(=O)O. The van der Waals surface area contributed by atoms with E-state index in [4.69, 9.17) is 5.11 Å². The summed E-state index contributed by atoms with van der Waals surface area (Å²) < 4.78 is 13.0. The summed E-state index contributed by atoms with van der Waals surface area (Å²) in [6, 6.07) is 4.33. The van der Waals surface area contributed by atoms with Crippen molar-refractivity contribution in [2.45, 2.75) is 37.0 Å². The Kier molecular flexibility index (Phi) is 5.88. The van der Waals surface area contributed by atoms with Gasteiger partial charge < -0.3 is 10.4 Å². The summed E-state index contributed by atoms with van der Waals surface area (Å²) in [5, 5.41) is 11.0. The zero-order chi connectivity index (χ0) is 15.4. The van der Waals surface area contributed by atoms with E-state index in [0.29, 0.717) is 4.47 Å². The van der Waals surface area contributed by atoms with Crippen molar-refractivity contribution in [3.63, 3.8) is 0 Å². The van der Waals surface area contributed by atoms with Crippen LogP contribution < -0.4 is 5.32 Å². The van der Waals surface area contributed by atoms with Crippen molar-refractivity contribution in [2.24, 2.45) is 0 Å². The zero-order valence-corrected chi connectivity index (χ0v) is 13.7. The molecule has 0 fully saturated rings. The molecule has 1 rings (SSSR count). The van der Waals surface area contributed by atoms with Crippen LogP contribution in [0.2, 0.25) is 0 Å². The minimum Gasteiger partial charge on any atom is -0.478 e. The lowest BCUT2D eigenvalue weighted by atomic mass is 10.2. The van der Waals surface area contributed by atoms with Gasteiger partial charge in [0.25, 0.3) is 0 Å². The van der Waals surface area contributed by atoms with Gasteiger partial charge in [-0.1, -0.05) is 15.9 Å². The van der Waals surface area contributed by atoms with E-state index in [1.54, 1.807) is 19.9 Å². The maximum absolute atomic E-state index is 12.4. The fraction of sp³-hybridized carbons (Fsp3) is 0.385. The lowest BCUT2D eigenvalue weighted by molar-refractivity contribution is -0.120. The molecule has 0 saturated heterocycles. The molecular weight excluding hydrogens is 346 g/mol. The number of hydrogen-bond donors (Lipinski definition) is 2. The first-order valence-corrected chi connectivity index (χ1v) is 7.98. The Hall–Kier alpha value is -1.21. The van der Waals surface area contributed by atoms with E-state index in [1.165, 1.54) is 19.1 Å². The number of carbonyl (C=O) groups is 2. The van der Waals surface area contributed by atoms with Gasteiger partial charge in [-0.25, -0.2) is 4.79 Å². The molecule has 7 heteroatoms. The van der Waals surface area contributed by atoms with Crippen LogP contribution in [0.1, 0.15) is 31.1 Å². The maximum atomic E-state index is 12.4. The lowest BCUT2D eigenvalue weighted by Gasteiger charge is -2.15. The van der Waals surface area contributed by atoms with Gasteiger partial charge in [0.2, 0.25) is 5.91 Å². The summed E-state index contributed by atoms with van der Waals surface area (Å²) in [6.45, 7) is 5.12. The fourth-order valence-corrected chi connectivity index (χ4v) is 3.30. The van der Waals surface area contributed by atoms with Crippen LogP contribution in [-0.4, -0.2) is 32.5 Å². The Morgan fingerprint density at radius 1 is 1.30 bits per heavy atom. The Balaban J connectivity index is 3.11. The molecule has 0 saturated carbocycles. The van der Waals surface area contributed by atoms with E-state index < -0.39 is 22.0 Å². The molecule has 2 unspecified atom stereocenters. The van der Waals surface area contributed by atoms with Gasteiger partial charge in [-0.15, -0.1) is 0 Å². The number of rotatable bonds is 5. The van der Waals surface area contributed by atoms with Gasteiger partial charge >= 0.3 is 5.97 Å². The van der Waals surface area contributed by atoms with Crippen molar-refractivity contribution in [1.82, 2.24) is 5.32 Å². The highest BCUT2D eigenvalue weighted by molar-refractivity contribution is 9.10. The van der Waals surface area contributed by atoms with E-state index >= 15 is 0 Å². The Morgan fingerprint density at radius 2 is 1.90 bits per heavy atom. The average molecular weight is 362 g/mol. The smallest absolute Gasteiger partial charge is 0.336 e. The van der Waals surface area contributed by atoms with E-state index in [1.807, 2.05) is 0 Å². The molecule has 0 heterocycles. The minimum absolute atomic E-state index is 0.0595. The van der Waals surface area contributed by atoms with Crippen molar-refractivity contribution >= 4 is 38.6 Å². The van der Waals surface area contributed by atoms with Crippen molar-refractivity contribution in [3.05, 3.63) is 28.2 Å². The number of aromatic carboxylic acids is 1. The molecule has 1 aromatic rings. The third-order valence-corrected chi connectivity index (χ3v) is 4.63. The monoisotopic (exact) mass is 361 g/mol. The summed E-state index contributed by atoms with van der Waals surface area (Å²) in [4.78, 5) is 23.2. The van der Waals surface area contributed by atoms with E-state index in [-0.39, 0.29) is 22.4 Å². The molecule has 0 aliphatic carbocycles. The number of carboxylic acids is 1. The molecule has 0 spiro atoms. The molecule has 5 nitrogen and oxygen atoms in total. The Labute approximate surface area is 128 Å². The van der Waals surface area contributed by atoms with Crippen LogP contribution in [0.4, 0.5) is 0 Å². The van der Waals surface area contributed by atoms with E-state index in [0.717, 1.165) is 0 Å². The highest BCUT2D eigenvalue weighted by atomic mass is 79.9. The molecule has 0 aromatic heterocycles. The summed E-state index contributed by atoms with van der Waals surface area (Å²) >= 11 is 3.21. The van der Waals surface area contributed by atoms with Gasteiger partial charge in [-0.2, -0.15) is 0 Å². The lowest BCUT2D eigenvalue weighted by Crippen LogP contribution is -2.39. The first-order chi connectivity index (χ1) is 9.23. The highest BCUT2D eigenvalue weighted by Crippen LogP contribution is 2.22. The van der Waals surface area contributed by atoms with Crippen LogP contribution in [0, 0.1) is 0 Å². The van der Waals surface area contributed by atoms with Crippen LogP contribution in [0.3, 0.4) is 0 Å². The number of carboxylic acid groups (broad SMARTS) is 1. The molecule has 110 valence electrons. The quantitative estimate of drug-likeness (QED) is 0.841. The number of carbonyl (C=O) groups excluding carboxylic acids is 1. The maximum Gasteiger partial charge on any atom is 0.336 e. The molecule has 2 N–H and O–H groups in total. The summed E-state index contributed by atoms with van der Waals surface area (Å²) in [5.74, 6) is -1.54. The fourth-order valence-electron chi connectivity index (χ4n) is 1.53. The molecule has 0 radical (unpaired) electrons. The average Bonchev–Trinajstić information content (AvgIpc) is 2.35. The normalized spacial score (nSPS) is 13.8. The number of nitrogens with one attached hydrogen (secondary N) is 1. The first kappa shape index (κ1) is 16.8. The third-order valence-electron chi connectivity index (χ3n) is 2.51. The van der Waals surface area contributed by atoms with Crippen molar-refractivity contribution in [3.8, 4) is 0 Å². The predicted molar refractivity (Wildman–Crippen MR) is 80.3 cm³/mol. The van der Waals surface area contributed by atoms with Gasteiger partial charge in [0, 0.05) is 10.5 Å². The standard InChI is InChI=1S/C13H16BrNO4S/c1-7(2)15-12(16)8(3)20(19)11-6-9(14)4-5-10(11)13(17)18/h4-8H,1-3H3,(H,15,16)(H,17,18). The van der Waals surface area contributed by atoms with E-state index in [9.17, 15) is 13.8 Å².